The van der Waals surface area contributed by atoms with E-state index in [-0.39, 0.29) is 17.9 Å². The first-order valence-corrected chi connectivity index (χ1v) is 21.0. The van der Waals surface area contributed by atoms with Gasteiger partial charge in [0.15, 0.2) is 0 Å². The first kappa shape index (κ1) is 34.3. The lowest BCUT2D eigenvalue weighted by molar-refractivity contribution is -0.122. The molecule has 2 saturated heterocycles. The molecule has 4 atom stereocenters. The molecule has 0 spiro atoms. The Hall–Kier alpha value is -3.48. The van der Waals surface area contributed by atoms with E-state index >= 15 is 0 Å². The normalized spacial score (nSPS) is 30.6. The summed E-state index contributed by atoms with van der Waals surface area (Å²) in [4.78, 5) is 31.5. The van der Waals surface area contributed by atoms with Crippen molar-refractivity contribution in [3.63, 3.8) is 0 Å². The predicted molar refractivity (Wildman–Crippen MR) is 207 cm³/mol. The second-order valence-corrected chi connectivity index (χ2v) is 17.2. The molecule has 6 aliphatic rings. The second kappa shape index (κ2) is 15.1. The van der Waals surface area contributed by atoms with Crippen LogP contribution in [0.2, 0.25) is 0 Å². The highest BCUT2D eigenvalue weighted by Crippen LogP contribution is 2.54. The fraction of sp³-hybridized carbons (Fsp3) is 0.565. The van der Waals surface area contributed by atoms with E-state index in [4.69, 9.17) is 0 Å². The van der Waals surface area contributed by atoms with Crippen molar-refractivity contribution < 1.29 is 9.59 Å². The number of benzene rings is 3. The van der Waals surface area contributed by atoms with Crippen LogP contribution in [0, 0.1) is 11.8 Å². The number of carbonyl (C=O) groups excluding carboxylic acids is 2. The van der Waals surface area contributed by atoms with Gasteiger partial charge >= 0.3 is 0 Å². The van der Waals surface area contributed by atoms with E-state index in [1.165, 1.54) is 77.3 Å². The number of rotatable bonds is 12. The van der Waals surface area contributed by atoms with Gasteiger partial charge in [0, 0.05) is 48.2 Å². The summed E-state index contributed by atoms with van der Waals surface area (Å²) in [5.74, 6) is 1.74. The SMILES string of the molecule is O=C(CCc1ccc(C(=O)NC2CCC(CCN3C4CCC3c3ccccc34)CC2)cc1)NC1CCC(CCN2C3CCC2c2ccccc23)CC1. The molecule has 4 unspecified atom stereocenters. The Labute approximate surface area is 311 Å². The molecule has 274 valence electrons. The largest absolute Gasteiger partial charge is 0.353 e. The van der Waals surface area contributed by atoms with Gasteiger partial charge in [-0.05, 0) is 161 Å². The van der Waals surface area contributed by atoms with Crippen molar-refractivity contribution >= 4 is 11.8 Å². The number of hydrogen-bond donors (Lipinski definition) is 2. The van der Waals surface area contributed by atoms with E-state index in [0.717, 1.165) is 48.6 Å². The van der Waals surface area contributed by atoms with Crippen LogP contribution >= 0.6 is 0 Å². The van der Waals surface area contributed by atoms with Crippen molar-refractivity contribution in [2.75, 3.05) is 13.1 Å². The Bertz CT molecular complexity index is 1660. The fourth-order valence-corrected chi connectivity index (χ4v) is 11.4. The zero-order chi connectivity index (χ0) is 35.0. The molecule has 2 aliphatic carbocycles. The molecule has 0 radical (unpaired) electrons. The van der Waals surface area contributed by atoms with Crippen molar-refractivity contribution in [2.45, 2.75) is 139 Å². The van der Waals surface area contributed by atoms with Crippen LogP contribution in [-0.2, 0) is 11.2 Å². The van der Waals surface area contributed by atoms with Gasteiger partial charge in [-0.2, -0.15) is 0 Å². The molecular formula is C46H58N4O2. The molecule has 52 heavy (non-hydrogen) atoms. The smallest absolute Gasteiger partial charge is 0.251 e. The lowest BCUT2D eigenvalue weighted by Gasteiger charge is -2.31. The number of nitrogens with zero attached hydrogens (tertiary/aromatic N) is 2. The Morgan fingerprint density at radius 3 is 1.38 bits per heavy atom. The highest BCUT2D eigenvalue weighted by molar-refractivity contribution is 5.94. The van der Waals surface area contributed by atoms with Gasteiger partial charge in [-0.1, -0.05) is 60.7 Å². The molecule has 4 fully saturated rings. The highest BCUT2D eigenvalue weighted by atomic mass is 16.2. The Kier molecular flexibility index (Phi) is 9.96. The number of aryl methyl sites for hydroxylation is 1. The summed E-state index contributed by atoms with van der Waals surface area (Å²) in [7, 11) is 0. The van der Waals surface area contributed by atoms with Crippen molar-refractivity contribution in [1.82, 2.24) is 20.4 Å². The van der Waals surface area contributed by atoms with Crippen molar-refractivity contribution in [3.05, 3.63) is 106 Å². The van der Waals surface area contributed by atoms with Crippen molar-refractivity contribution in [1.29, 1.82) is 0 Å². The standard InChI is InChI=1S/C46H58N4O2/c51-45(47-35-18-11-32(12-19-35)27-29-49-41-22-23-42(49)38-6-2-1-5-37(38)41)26-15-31-9-16-34(17-10-31)46(52)48-36-20-13-33(14-21-36)28-30-50-43-24-25-44(50)40-8-4-3-7-39(40)43/h1-10,16-17,32-33,35-36,41-44H,11-15,18-30H2,(H,47,51)(H,48,52). The molecule has 3 aromatic carbocycles. The van der Waals surface area contributed by atoms with Gasteiger partial charge in [0.25, 0.3) is 5.91 Å². The lowest BCUT2D eigenvalue weighted by Crippen LogP contribution is -2.38. The van der Waals surface area contributed by atoms with Crippen LogP contribution in [-0.4, -0.2) is 46.8 Å². The van der Waals surface area contributed by atoms with Crippen LogP contribution in [0.5, 0.6) is 0 Å². The Morgan fingerprint density at radius 1 is 0.519 bits per heavy atom. The quantitative estimate of drug-likeness (QED) is 0.198. The minimum absolute atomic E-state index is 0.0348. The van der Waals surface area contributed by atoms with Crippen molar-refractivity contribution in [2.24, 2.45) is 11.8 Å². The second-order valence-electron chi connectivity index (χ2n) is 17.2. The van der Waals surface area contributed by atoms with Gasteiger partial charge < -0.3 is 10.6 Å². The molecule has 2 amide bonds. The first-order valence-electron chi connectivity index (χ1n) is 21.0. The minimum Gasteiger partial charge on any atom is -0.353 e. The van der Waals surface area contributed by atoms with E-state index in [1.807, 2.05) is 24.3 Å². The molecule has 6 nitrogen and oxygen atoms in total. The number of nitrogens with one attached hydrogen (secondary N) is 2. The van der Waals surface area contributed by atoms with Crippen LogP contribution in [0.15, 0.2) is 72.8 Å². The van der Waals surface area contributed by atoms with Gasteiger partial charge in [-0.25, -0.2) is 0 Å². The van der Waals surface area contributed by atoms with E-state index in [1.54, 1.807) is 22.3 Å². The average Bonchev–Trinajstić information content (AvgIpc) is 3.95. The summed E-state index contributed by atoms with van der Waals surface area (Å²) in [6.07, 6.45) is 18.2. The summed E-state index contributed by atoms with van der Waals surface area (Å²) < 4.78 is 0. The van der Waals surface area contributed by atoms with E-state index in [2.05, 4.69) is 69.0 Å². The maximum atomic E-state index is 13.1. The topological polar surface area (TPSA) is 64.7 Å². The van der Waals surface area contributed by atoms with Crippen LogP contribution in [0.3, 0.4) is 0 Å². The van der Waals surface area contributed by atoms with E-state index in [0.29, 0.717) is 43.1 Å². The Morgan fingerprint density at radius 2 is 0.942 bits per heavy atom. The minimum atomic E-state index is 0.0348. The number of fused-ring (bicyclic) bond motifs is 10. The van der Waals surface area contributed by atoms with Crippen LogP contribution in [0.25, 0.3) is 0 Å². The third-order valence-corrected chi connectivity index (χ3v) is 14.3. The summed E-state index contributed by atoms with van der Waals surface area (Å²) in [6, 6.07) is 29.3. The molecule has 4 aliphatic heterocycles. The molecule has 2 N–H and O–H groups in total. The molecule has 3 aromatic rings. The average molecular weight is 699 g/mol. The summed E-state index contributed by atoms with van der Waals surface area (Å²) >= 11 is 0. The summed E-state index contributed by atoms with van der Waals surface area (Å²) in [5.41, 5.74) is 8.15. The lowest BCUT2D eigenvalue weighted by atomic mass is 9.84. The van der Waals surface area contributed by atoms with Gasteiger partial charge in [0.2, 0.25) is 5.91 Å². The number of carbonyl (C=O) groups is 2. The Balaban J connectivity index is 0.648. The van der Waals surface area contributed by atoms with Crippen LogP contribution in [0.1, 0.15) is 159 Å². The third-order valence-electron chi connectivity index (χ3n) is 14.3. The molecule has 6 heteroatoms. The van der Waals surface area contributed by atoms with Gasteiger partial charge in [-0.15, -0.1) is 0 Å². The molecule has 4 bridgehead atoms. The molecule has 0 aromatic heterocycles. The maximum absolute atomic E-state index is 13.1. The van der Waals surface area contributed by atoms with E-state index in [9.17, 15) is 9.59 Å². The van der Waals surface area contributed by atoms with Crippen LogP contribution in [0.4, 0.5) is 0 Å². The van der Waals surface area contributed by atoms with Crippen molar-refractivity contribution in [3.8, 4) is 0 Å². The zero-order valence-electron chi connectivity index (χ0n) is 31.0. The number of amides is 2. The predicted octanol–water partition coefficient (Wildman–Crippen LogP) is 9.15. The third kappa shape index (κ3) is 6.98. The van der Waals surface area contributed by atoms with E-state index < -0.39 is 0 Å². The summed E-state index contributed by atoms with van der Waals surface area (Å²) in [6.45, 7) is 2.42. The molecule has 2 saturated carbocycles. The first-order chi connectivity index (χ1) is 25.6. The monoisotopic (exact) mass is 698 g/mol. The molecule has 9 rings (SSSR count). The number of hydrogen-bond acceptors (Lipinski definition) is 4. The van der Waals surface area contributed by atoms with Crippen LogP contribution < -0.4 is 10.6 Å². The zero-order valence-corrected chi connectivity index (χ0v) is 31.0. The van der Waals surface area contributed by atoms with Gasteiger partial charge in [0.1, 0.15) is 0 Å². The maximum Gasteiger partial charge on any atom is 0.251 e. The molecule has 4 heterocycles. The molecular weight excluding hydrogens is 641 g/mol. The van der Waals surface area contributed by atoms with Gasteiger partial charge in [-0.3, -0.25) is 19.4 Å². The summed E-state index contributed by atoms with van der Waals surface area (Å²) in [5, 5.41) is 6.66. The highest BCUT2D eigenvalue weighted by Gasteiger charge is 2.44. The van der Waals surface area contributed by atoms with Gasteiger partial charge in [0.05, 0.1) is 0 Å². The fourth-order valence-electron chi connectivity index (χ4n) is 11.4.